The van der Waals surface area contributed by atoms with Gasteiger partial charge < -0.3 is 24.8 Å². The van der Waals surface area contributed by atoms with E-state index in [1.807, 2.05) is 48.5 Å². The Hall–Kier alpha value is -3.67. The lowest BCUT2D eigenvalue weighted by Crippen LogP contribution is -2.06. The molecule has 0 radical (unpaired) electrons. The molecule has 0 aliphatic rings. The van der Waals surface area contributed by atoms with Crippen LogP contribution in [-0.4, -0.2) is 17.1 Å². The molecular weight excluding hydrogens is 366 g/mol. The van der Waals surface area contributed by atoms with Crippen molar-refractivity contribution in [3.8, 4) is 11.5 Å². The third kappa shape index (κ3) is 4.11. The van der Waals surface area contributed by atoms with Gasteiger partial charge in [-0.25, -0.2) is 4.79 Å². The van der Waals surface area contributed by atoms with Gasteiger partial charge in [0.25, 0.3) is 0 Å². The lowest BCUT2D eigenvalue weighted by atomic mass is 10.1. The topological polar surface area (TPSA) is 79.1 Å². The van der Waals surface area contributed by atoms with Crippen molar-refractivity contribution in [1.29, 1.82) is 0 Å². The molecule has 0 aliphatic carbocycles. The van der Waals surface area contributed by atoms with Crippen molar-refractivity contribution < 1.29 is 9.47 Å². The van der Waals surface area contributed by atoms with Crippen molar-refractivity contribution in [2.45, 2.75) is 20.1 Å². The lowest BCUT2D eigenvalue weighted by molar-refractivity contribution is 0.281. The summed E-state index contributed by atoms with van der Waals surface area (Å²) in [5.74, 6) is 1.42. The smallest absolute Gasteiger partial charge is 0.323 e. The van der Waals surface area contributed by atoms with Crippen LogP contribution in [0, 0.1) is 6.92 Å². The Labute approximate surface area is 168 Å². The summed E-state index contributed by atoms with van der Waals surface area (Å²) >= 11 is 0. The van der Waals surface area contributed by atoms with Gasteiger partial charge in [-0.15, -0.1) is 0 Å². The molecule has 1 heterocycles. The first-order valence-electron chi connectivity index (χ1n) is 9.43. The van der Waals surface area contributed by atoms with E-state index in [1.54, 1.807) is 7.11 Å². The molecule has 0 saturated carbocycles. The van der Waals surface area contributed by atoms with Crippen LogP contribution in [0.2, 0.25) is 0 Å². The zero-order valence-corrected chi connectivity index (χ0v) is 16.4. The van der Waals surface area contributed by atoms with E-state index in [4.69, 9.17) is 9.47 Å². The zero-order valence-electron chi connectivity index (χ0n) is 16.4. The second-order valence-electron chi connectivity index (χ2n) is 6.86. The van der Waals surface area contributed by atoms with Gasteiger partial charge in [-0.05, 0) is 42.3 Å². The summed E-state index contributed by atoms with van der Waals surface area (Å²) in [6.07, 6.45) is 0. The third-order valence-electron chi connectivity index (χ3n) is 4.91. The van der Waals surface area contributed by atoms with Crippen molar-refractivity contribution in [2.75, 3.05) is 12.4 Å². The Morgan fingerprint density at radius 3 is 2.55 bits per heavy atom. The third-order valence-corrected chi connectivity index (χ3v) is 4.91. The number of nitrogens with one attached hydrogen (secondary N) is 3. The average molecular weight is 389 g/mol. The molecule has 0 amide bonds. The van der Waals surface area contributed by atoms with Gasteiger partial charge in [-0.2, -0.15) is 0 Å². The number of para-hydroxylation sites is 1. The average Bonchev–Trinajstić information content (AvgIpc) is 3.11. The number of methoxy groups -OCH3 is 1. The van der Waals surface area contributed by atoms with Gasteiger partial charge in [-0.1, -0.05) is 36.4 Å². The molecular formula is C23H23N3O3. The van der Waals surface area contributed by atoms with E-state index in [2.05, 4.69) is 34.3 Å². The van der Waals surface area contributed by atoms with Gasteiger partial charge in [0.2, 0.25) is 0 Å². The van der Waals surface area contributed by atoms with Gasteiger partial charge >= 0.3 is 5.69 Å². The van der Waals surface area contributed by atoms with Gasteiger partial charge in [0.15, 0.2) is 11.5 Å². The number of aromatic nitrogens is 2. The van der Waals surface area contributed by atoms with E-state index in [-0.39, 0.29) is 5.69 Å². The molecule has 29 heavy (non-hydrogen) atoms. The number of benzene rings is 3. The van der Waals surface area contributed by atoms with Crippen LogP contribution in [0.25, 0.3) is 11.0 Å². The number of aryl methyl sites for hydroxylation is 1. The van der Waals surface area contributed by atoms with Crippen molar-refractivity contribution in [3.63, 3.8) is 0 Å². The van der Waals surface area contributed by atoms with Crippen molar-refractivity contribution in [3.05, 3.63) is 87.8 Å². The highest BCUT2D eigenvalue weighted by Gasteiger charge is 2.12. The Balaban J connectivity index is 1.54. The van der Waals surface area contributed by atoms with Gasteiger partial charge in [-0.3, -0.25) is 0 Å². The van der Waals surface area contributed by atoms with Crippen LogP contribution < -0.4 is 20.5 Å². The molecule has 0 aliphatic heterocycles. The molecule has 0 atom stereocenters. The summed E-state index contributed by atoms with van der Waals surface area (Å²) in [6, 6.07) is 19.7. The minimum Gasteiger partial charge on any atom is -0.493 e. The molecule has 3 N–H and O–H groups in total. The lowest BCUT2D eigenvalue weighted by Gasteiger charge is -2.17. The minimum atomic E-state index is -0.211. The first-order valence-corrected chi connectivity index (χ1v) is 9.43. The van der Waals surface area contributed by atoms with Crippen LogP contribution in [0.3, 0.4) is 0 Å². The summed E-state index contributed by atoms with van der Waals surface area (Å²) in [5, 5.41) is 3.39. The molecule has 1 aromatic heterocycles. The predicted octanol–water partition coefficient (Wildman–Crippen LogP) is 4.36. The number of H-pyrrole nitrogens is 2. The van der Waals surface area contributed by atoms with Crippen LogP contribution in [0.15, 0.2) is 65.5 Å². The van der Waals surface area contributed by atoms with E-state index in [0.717, 1.165) is 33.6 Å². The van der Waals surface area contributed by atoms with Crippen LogP contribution >= 0.6 is 0 Å². The normalized spacial score (nSPS) is 10.8. The van der Waals surface area contributed by atoms with Crippen LogP contribution in [-0.2, 0) is 13.2 Å². The monoisotopic (exact) mass is 389 g/mol. The fourth-order valence-electron chi connectivity index (χ4n) is 3.29. The zero-order chi connectivity index (χ0) is 20.2. The van der Waals surface area contributed by atoms with E-state index in [9.17, 15) is 4.79 Å². The maximum atomic E-state index is 11.4. The fraction of sp³-hybridized carbons (Fsp3) is 0.174. The van der Waals surface area contributed by atoms with Crippen LogP contribution in [0.5, 0.6) is 11.5 Å². The molecule has 6 heteroatoms. The largest absolute Gasteiger partial charge is 0.493 e. The van der Waals surface area contributed by atoms with Crippen LogP contribution in [0.1, 0.15) is 16.7 Å². The summed E-state index contributed by atoms with van der Waals surface area (Å²) in [7, 11) is 1.64. The maximum Gasteiger partial charge on any atom is 0.323 e. The molecule has 0 saturated heterocycles. The van der Waals surface area contributed by atoms with Gasteiger partial charge in [0, 0.05) is 17.8 Å². The summed E-state index contributed by atoms with van der Waals surface area (Å²) in [4.78, 5) is 17.0. The van der Waals surface area contributed by atoms with E-state index in [0.29, 0.717) is 18.9 Å². The van der Waals surface area contributed by atoms with Gasteiger partial charge in [0.05, 0.1) is 18.1 Å². The summed E-state index contributed by atoms with van der Waals surface area (Å²) in [5.41, 5.74) is 5.55. The standard InChI is InChI=1S/C23H23N3O3/c1-15-6-3-4-7-17(15)14-29-22-16(8-5-9-21(22)28-2)13-24-18-10-11-19-20(12-18)26-23(27)25-19/h3-12,24H,13-14H2,1-2H3,(H2,25,26,27). The first kappa shape index (κ1) is 18.7. The van der Waals surface area contributed by atoms with E-state index >= 15 is 0 Å². The highest BCUT2D eigenvalue weighted by Crippen LogP contribution is 2.32. The van der Waals surface area contributed by atoms with Crippen molar-refractivity contribution in [2.24, 2.45) is 0 Å². The number of fused-ring (bicyclic) bond motifs is 1. The predicted molar refractivity (Wildman–Crippen MR) is 115 cm³/mol. The number of rotatable bonds is 7. The second-order valence-corrected chi connectivity index (χ2v) is 6.86. The van der Waals surface area contributed by atoms with E-state index < -0.39 is 0 Å². The molecule has 0 unspecified atom stereocenters. The number of ether oxygens (including phenoxy) is 2. The Kier molecular flexibility index (Phi) is 5.24. The molecule has 0 spiro atoms. The van der Waals surface area contributed by atoms with Crippen molar-refractivity contribution >= 4 is 16.7 Å². The molecule has 0 bridgehead atoms. The highest BCUT2D eigenvalue weighted by atomic mass is 16.5. The molecule has 3 aromatic carbocycles. The number of hydrogen-bond donors (Lipinski definition) is 3. The fourth-order valence-corrected chi connectivity index (χ4v) is 3.29. The molecule has 4 rings (SSSR count). The number of hydrogen-bond acceptors (Lipinski definition) is 4. The Morgan fingerprint density at radius 2 is 1.72 bits per heavy atom. The van der Waals surface area contributed by atoms with E-state index in [1.165, 1.54) is 5.56 Å². The highest BCUT2D eigenvalue weighted by molar-refractivity contribution is 5.78. The maximum absolute atomic E-state index is 11.4. The number of imidazole rings is 1. The quantitative estimate of drug-likeness (QED) is 0.439. The Bertz CT molecular complexity index is 1190. The number of anilines is 1. The van der Waals surface area contributed by atoms with Crippen LogP contribution in [0.4, 0.5) is 5.69 Å². The Morgan fingerprint density at radius 1 is 0.931 bits per heavy atom. The molecule has 4 aromatic rings. The number of aromatic amines is 2. The SMILES string of the molecule is COc1cccc(CNc2ccc3[nH]c(=O)[nH]c3c2)c1OCc1ccccc1C. The molecule has 148 valence electrons. The second kappa shape index (κ2) is 8.14. The summed E-state index contributed by atoms with van der Waals surface area (Å²) in [6.45, 7) is 3.10. The molecule has 0 fully saturated rings. The molecule has 6 nitrogen and oxygen atoms in total. The minimum absolute atomic E-state index is 0.211. The summed E-state index contributed by atoms with van der Waals surface area (Å²) < 4.78 is 11.7. The first-order chi connectivity index (χ1) is 14.1. The van der Waals surface area contributed by atoms with Gasteiger partial charge in [0.1, 0.15) is 6.61 Å². The van der Waals surface area contributed by atoms with Crippen molar-refractivity contribution in [1.82, 2.24) is 9.97 Å².